The molecular weight excluding hydrogens is 290 g/mol. The normalized spacial score (nSPS) is 10.4. The number of ether oxygens (including phenoxy) is 1. The third-order valence-electron chi connectivity index (χ3n) is 3.01. The van der Waals surface area contributed by atoms with Gasteiger partial charge >= 0.3 is 5.97 Å². The average molecular weight is 308 g/mol. The van der Waals surface area contributed by atoms with Crippen LogP contribution in [0.3, 0.4) is 0 Å². The van der Waals surface area contributed by atoms with Crippen molar-refractivity contribution < 1.29 is 9.53 Å². The minimum atomic E-state index is -0.415. The number of carbonyl (C=O) groups excluding carboxylic acids is 1. The summed E-state index contributed by atoms with van der Waals surface area (Å²) in [6.45, 7) is 3.58. The van der Waals surface area contributed by atoms with Crippen LogP contribution in [0.25, 0.3) is 0 Å². The Hall–Kier alpha value is -2.01. The Morgan fingerprint density at radius 1 is 1.48 bits per heavy atom. The zero-order valence-electron chi connectivity index (χ0n) is 12.1. The molecule has 112 valence electrons. The van der Waals surface area contributed by atoms with E-state index in [0.717, 1.165) is 18.5 Å². The van der Waals surface area contributed by atoms with Gasteiger partial charge < -0.3 is 10.1 Å². The number of aryl methyl sites for hydroxylation is 1. The monoisotopic (exact) mass is 307 g/mol. The molecule has 6 heteroatoms. The molecule has 0 spiro atoms. The van der Waals surface area contributed by atoms with Crippen molar-refractivity contribution in [1.29, 1.82) is 0 Å². The van der Waals surface area contributed by atoms with E-state index in [0.29, 0.717) is 22.8 Å². The molecule has 2 rings (SSSR count). The van der Waals surface area contributed by atoms with Gasteiger partial charge in [-0.15, -0.1) is 0 Å². The zero-order valence-corrected chi connectivity index (χ0v) is 12.9. The highest BCUT2D eigenvalue weighted by atomic mass is 35.5. The molecule has 5 nitrogen and oxygen atoms in total. The Bertz CT molecular complexity index is 625. The van der Waals surface area contributed by atoms with Gasteiger partial charge in [-0.1, -0.05) is 18.5 Å². The van der Waals surface area contributed by atoms with Gasteiger partial charge in [-0.05, 0) is 24.6 Å². The molecule has 0 unspecified atom stereocenters. The Morgan fingerprint density at radius 2 is 2.29 bits per heavy atom. The predicted octanol–water partition coefficient (Wildman–Crippen LogP) is 3.35. The number of hydrogen-bond acceptors (Lipinski definition) is 4. The molecule has 2 aromatic rings. The highest BCUT2D eigenvalue weighted by molar-refractivity contribution is 6.31. The number of aromatic nitrogens is 2. The molecular formula is C15H18ClN3O2. The van der Waals surface area contributed by atoms with Gasteiger partial charge in [0.15, 0.2) is 0 Å². The summed E-state index contributed by atoms with van der Waals surface area (Å²) in [7, 11) is 1.35. The minimum absolute atomic E-state index is 0.415. The fraction of sp³-hybridized carbons (Fsp3) is 0.333. The second-order valence-corrected chi connectivity index (χ2v) is 5.08. The van der Waals surface area contributed by atoms with Crippen LogP contribution in [-0.4, -0.2) is 22.9 Å². The summed E-state index contributed by atoms with van der Waals surface area (Å²) in [6, 6.07) is 5.10. The third-order valence-corrected chi connectivity index (χ3v) is 3.24. The van der Waals surface area contributed by atoms with Crippen molar-refractivity contribution in [3.05, 3.63) is 46.7 Å². The fourth-order valence-corrected chi connectivity index (χ4v) is 2.17. The lowest BCUT2D eigenvalue weighted by atomic mass is 10.1. The molecule has 1 aromatic carbocycles. The van der Waals surface area contributed by atoms with Crippen molar-refractivity contribution in [3.63, 3.8) is 0 Å². The van der Waals surface area contributed by atoms with Crippen LogP contribution in [0.5, 0.6) is 0 Å². The first-order chi connectivity index (χ1) is 10.1. The maximum atomic E-state index is 11.7. The fourth-order valence-electron chi connectivity index (χ4n) is 2.00. The number of nitrogens with one attached hydrogen (secondary N) is 1. The molecule has 0 saturated carbocycles. The van der Waals surface area contributed by atoms with Crippen LogP contribution in [0.2, 0.25) is 5.02 Å². The van der Waals surface area contributed by atoms with Crippen molar-refractivity contribution in [2.75, 3.05) is 12.4 Å². The van der Waals surface area contributed by atoms with E-state index in [1.54, 1.807) is 18.2 Å². The standard InChI is InChI=1S/C15H18ClN3O2/c1-3-6-19-10-11(9-18-19)8-17-14-5-4-12(16)7-13(14)15(20)21-2/h4-5,7,9-10,17H,3,6,8H2,1-2H3. The first kappa shape index (κ1) is 15.4. The minimum Gasteiger partial charge on any atom is -0.465 e. The van der Waals surface area contributed by atoms with Crippen LogP contribution in [-0.2, 0) is 17.8 Å². The number of esters is 1. The number of anilines is 1. The van der Waals surface area contributed by atoms with Crippen LogP contribution >= 0.6 is 11.6 Å². The highest BCUT2D eigenvalue weighted by Crippen LogP contribution is 2.22. The second-order valence-electron chi connectivity index (χ2n) is 4.65. The first-order valence-electron chi connectivity index (χ1n) is 6.77. The van der Waals surface area contributed by atoms with Gasteiger partial charge in [0.2, 0.25) is 0 Å². The largest absolute Gasteiger partial charge is 0.465 e. The van der Waals surface area contributed by atoms with Crippen molar-refractivity contribution in [2.45, 2.75) is 26.4 Å². The van der Waals surface area contributed by atoms with Gasteiger partial charge in [0.25, 0.3) is 0 Å². The lowest BCUT2D eigenvalue weighted by molar-refractivity contribution is 0.0602. The van der Waals surface area contributed by atoms with E-state index in [4.69, 9.17) is 16.3 Å². The number of carbonyl (C=O) groups is 1. The molecule has 0 amide bonds. The summed E-state index contributed by atoms with van der Waals surface area (Å²) in [5, 5.41) is 7.98. The van der Waals surface area contributed by atoms with Gasteiger partial charge in [-0.3, -0.25) is 4.68 Å². The SMILES string of the molecule is CCCn1cc(CNc2ccc(Cl)cc2C(=O)OC)cn1. The summed E-state index contributed by atoms with van der Waals surface area (Å²) < 4.78 is 6.67. The molecule has 0 saturated heterocycles. The molecule has 1 aromatic heterocycles. The summed E-state index contributed by atoms with van der Waals surface area (Å²) in [5.74, 6) is -0.415. The van der Waals surface area contributed by atoms with Gasteiger partial charge in [-0.2, -0.15) is 5.10 Å². The van der Waals surface area contributed by atoms with Crippen molar-refractivity contribution in [3.8, 4) is 0 Å². The van der Waals surface area contributed by atoms with Crippen LogP contribution < -0.4 is 5.32 Å². The lowest BCUT2D eigenvalue weighted by Crippen LogP contribution is -2.08. The van der Waals surface area contributed by atoms with E-state index < -0.39 is 5.97 Å². The quantitative estimate of drug-likeness (QED) is 0.832. The van der Waals surface area contributed by atoms with Crippen molar-refractivity contribution in [1.82, 2.24) is 9.78 Å². The third kappa shape index (κ3) is 3.98. The summed E-state index contributed by atoms with van der Waals surface area (Å²) >= 11 is 5.92. The lowest BCUT2D eigenvalue weighted by Gasteiger charge is -2.10. The maximum Gasteiger partial charge on any atom is 0.340 e. The molecule has 0 atom stereocenters. The maximum absolute atomic E-state index is 11.7. The molecule has 0 bridgehead atoms. The summed E-state index contributed by atoms with van der Waals surface area (Å²) in [6.07, 6.45) is 4.85. The Balaban J connectivity index is 2.10. The average Bonchev–Trinajstić information content (AvgIpc) is 2.93. The van der Waals surface area contributed by atoms with Crippen molar-refractivity contribution in [2.24, 2.45) is 0 Å². The van der Waals surface area contributed by atoms with Gasteiger partial charge in [0.05, 0.1) is 18.9 Å². The topological polar surface area (TPSA) is 56.2 Å². The molecule has 0 aliphatic heterocycles. The molecule has 21 heavy (non-hydrogen) atoms. The van der Waals surface area contributed by atoms with E-state index in [9.17, 15) is 4.79 Å². The molecule has 1 heterocycles. The number of rotatable bonds is 6. The Morgan fingerprint density at radius 3 is 3.00 bits per heavy atom. The number of benzene rings is 1. The first-order valence-corrected chi connectivity index (χ1v) is 7.15. The number of halogens is 1. The number of hydrogen-bond donors (Lipinski definition) is 1. The number of methoxy groups -OCH3 is 1. The van der Waals surface area contributed by atoms with Gasteiger partial charge in [-0.25, -0.2) is 4.79 Å². The van der Waals surface area contributed by atoms with Crippen LogP contribution in [0, 0.1) is 0 Å². The molecule has 0 radical (unpaired) electrons. The summed E-state index contributed by atoms with van der Waals surface area (Å²) in [4.78, 5) is 11.7. The highest BCUT2D eigenvalue weighted by Gasteiger charge is 2.12. The predicted molar refractivity (Wildman–Crippen MR) is 82.6 cm³/mol. The summed E-state index contributed by atoms with van der Waals surface area (Å²) in [5.41, 5.74) is 2.16. The van der Waals surface area contributed by atoms with E-state index in [1.165, 1.54) is 7.11 Å². The smallest absolute Gasteiger partial charge is 0.340 e. The molecule has 0 aliphatic rings. The van der Waals surface area contributed by atoms with Crippen molar-refractivity contribution >= 4 is 23.3 Å². The van der Waals surface area contributed by atoms with Gasteiger partial charge in [0.1, 0.15) is 0 Å². The molecule has 0 fully saturated rings. The van der Waals surface area contributed by atoms with Crippen LogP contribution in [0.15, 0.2) is 30.6 Å². The van der Waals surface area contributed by atoms with E-state index >= 15 is 0 Å². The molecule has 1 N–H and O–H groups in total. The zero-order chi connectivity index (χ0) is 15.2. The van der Waals surface area contributed by atoms with Crippen LogP contribution in [0.1, 0.15) is 29.3 Å². The van der Waals surface area contributed by atoms with E-state index in [2.05, 4.69) is 17.3 Å². The van der Waals surface area contributed by atoms with E-state index in [-0.39, 0.29) is 0 Å². The van der Waals surface area contributed by atoms with Gasteiger partial charge in [0, 0.05) is 35.6 Å². The van der Waals surface area contributed by atoms with E-state index in [1.807, 2.05) is 17.1 Å². The number of nitrogens with zero attached hydrogens (tertiary/aromatic N) is 2. The van der Waals surface area contributed by atoms with Crippen LogP contribution in [0.4, 0.5) is 5.69 Å². The Labute approximate surface area is 128 Å². The Kier molecular flexibility index (Phi) is 5.22. The molecule has 0 aliphatic carbocycles. The second kappa shape index (κ2) is 7.13.